The van der Waals surface area contributed by atoms with Gasteiger partial charge in [-0.1, -0.05) is 49.3 Å². The molecule has 6 heteroatoms. The molecular formula is C19H28N4O2. The fourth-order valence-electron chi connectivity index (χ4n) is 3.25. The molecule has 2 aromatic rings. The van der Waals surface area contributed by atoms with Gasteiger partial charge in [-0.15, -0.1) is 0 Å². The van der Waals surface area contributed by atoms with E-state index in [2.05, 4.69) is 40.7 Å². The van der Waals surface area contributed by atoms with Crippen LogP contribution in [-0.2, 0) is 6.54 Å². The predicted molar refractivity (Wildman–Crippen MR) is 96.1 cm³/mol. The van der Waals surface area contributed by atoms with E-state index in [1.165, 1.54) is 0 Å². The van der Waals surface area contributed by atoms with Crippen molar-refractivity contribution in [1.29, 1.82) is 0 Å². The van der Waals surface area contributed by atoms with E-state index in [4.69, 9.17) is 4.52 Å². The monoisotopic (exact) mass is 344 g/mol. The summed E-state index contributed by atoms with van der Waals surface area (Å²) in [4.78, 5) is 9.17. The highest BCUT2D eigenvalue weighted by molar-refractivity contribution is 5.17. The van der Waals surface area contributed by atoms with E-state index in [9.17, 15) is 5.11 Å². The largest absolute Gasteiger partial charge is 0.387 e. The van der Waals surface area contributed by atoms with E-state index in [1.54, 1.807) is 0 Å². The Hall–Kier alpha value is -1.76. The maximum absolute atomic E-state index is 10.5. The Morgan fingerprint density at radius 1 is 1.24 bits per heavy atom. The van der Waals surface area contributed by atoms with Crippen LogP contribution < -0.4 is 0 Å². The Balaban J connectivity index is 1.51. The minimum Gasteiger partial charge on any atom is -0.387 e. The molecule has 1 aliphatic heterocycles. The van der Waals surface area contributed by atoms with Gasteiger partial charge in [-0.2, -0.15) is 4.98 Å². The number of aliphatic hydroxyl groups excluding tert-OH is 1. The second-order valence-corrected chi connectivity index (χ2v) is 7.21. The summed E-state index contributed by atoms with van der Waals surface area (Å²) in [5, 5.41) is 14.5. The number of benzene rings is 1. The van der Waals surface area contributed by atoms with Crippen LogP contribution in [0.15, 0.2) is 34.9 Å². The molecule has 0 radical (unpaired) electrons. The molecule has 2 heterocycles. The van der Waals surface area contributed by atoms with Crippen molar-refractivity contribution in [3.05, 3.63) is 47.6 Å². The molecule has 25 heavy (non-hydrogen) atoms. The average Bonchev–Trinajstić information content (AvgIpc) is 3.07. The molecule has 1 fully saturated rings. The van der Waals surface area contributed by atoms with Crippen molar-refractivity contribution in [2.24, 2.45) is 0 Å². The molecule has 3 rings (SSSR count). The Labute approximate surface area is 149 Å². The van der Waals surface area contributed by atoms with E-state index in [0.29, 0.717) is 18.5 Å². The summed E-state index contributed by atoms with van der Waals surface area (Å²) < 4.78 is 5.29. The van der Waals surface area contributed by atoms with Gasteiger partial charge in [0.15, 0.2) is 5.82 Å². The average molecular weight is 344 g/mol. The van der Waals surface area contributed by atoms with Crippen LogP contribution in [0.5, 0.6) is 0 Å². The SMILES string of the molecule is CC(C)c1nc(CN2CCN(C[C@H](O)c3ccccc3)[C@@H](C)C2)no1. The second kappa shape index (κ2) is 8.08. The fourth-order valence-corrected chi connectivity index (χ4v) is 3.25. The summed E-state index contributed by atoms with van der Waals surface area (Å²) in [6.07, 6.45) is -0.444. The quantitative estimate of drug-likeness (QED) is 0.868. The van der Waals surface area contributed by atoms with Gasteiger partial charge >= 0.3 is 0 Å². The number of piperazine rings is 1. The van der Waals surface area contributed by atoms with Gasteiger partial charge in [-0.25, -0.2) is 0 Å². The molecule has 1 N–H and O–H groups in total. The highest BCUT2D eigenvalue weighted by Crippen LogP contribution is 2.19. The lowest BCUT2D eigenvalue weighted by atomic mass is 10.1. The summed E-state index contributed by atoms with van der Waals surface area (Å²) in [7, 11) is 0. The van der Waals surface area contributed by atoms with Crippen molar-refractivity contribution >= 4 is 0 Å². The number of aromatic nitrogens is 2. The zero-order valence-electron chi connectivity index (χ0n) is 15.3. The molecule has 0 saturated carbocycles. The maximum Gasteiger partial charge on any atom is 0.229 e. The van der Waals surface area contributed by atoms with Crippen molar-refractivity contribution < 1.29 is 9.63 Å². The van der Waals surface area contributed by atoms with Crippen LogP contribution in [0.3, 0.4) is 0 Å². The van der Waals surface area contributed by atoms with E-state index in [-0.39, 0.29) is 5.92 Å². The van der Waals surface area contributed by atoms with Crippen molar-refractivity contribution in [3.8, 4) is 0 Å². The summed E-state index contributed by atoms with van der Waals surface area (Å²) in [6, 6.07) is 10.2. The zero-order chi connectivity index (χ0) is 17.8. The third-order valence-corrected chi connectivity index (χ3v) is 4.78. The first-order valence-corrected chi connectivity index (χ1v) is 9.05. The molecule has 0 unspecified atom stereocenters. The first-order valence-electron chi connectivity index (χ1n) is 9.05. The van der Waals surface area contributed by atoms with Gasteiger partial charge in [0.25, 0.3) is 0 Å². The first-order chi connectivity index (χ1) is 12.0. The molecule has 0 aliphatic carbocycles. The van der Waals surface area contributed by atoms with Crippen LogP contribution in [-0.4, -0.2) is 57.3 Å². The third kappa shape index (κ3) is 4.66. The minimum absolute atomic E-state index is 0.261. The molecule has 0 bridgehead atoms. The maximum atomic E-state index is 10.5. The second-order valence-electron chi connectivity index (χ2n) is 7.21. The summed E-state index contributed by atoms with van der Waals surface area (Å²) in [5.41, 5.74) is 0.977. The van der Waals surface area contributed by atoms with E-state index in [0.717, 1.165) is 37.6 Å². The standard InChI is InChI=1S/C19H28N4O2/c1-14(2)19-20-18(21-25-19)13-22-9-10-23(15(3)11-22)12-17(24)16-7-5-4-6-8-16/h4-8,14-15,17,24H,9-13H2,1-3H3/t15-,17-/m0/s1. The van der Waals surface area contributed by atoms with Gasteiger partial charge < -0.3 is 9.63 Å². The van der Waals surface area contributed by atoms with Gasteiger partial charge in [0, 0.05) is 38.1 Å². The molecule has 1 aliphatic rings. The number of aliphatic hydroxyl groups is 1. The van der Waals surface area contributed by atoms with Crippen LogP contribution >= 0.6 is 0 Å². The van der Waals surface area contributed by atoms with Crippen molar-refractivity contribution in [3.63, 3.8) is 0 Å². The van der Waals surface area contributed by atoms with Crippen LogP contribution in [0.2, 0.25) is 0 Å². The highest BCUT2D eigenvalue weighted by Gasteiger charge is 2.26. The Bertz CT molecular complexity index is 658. The molecule has 2 atom stereocenters. The lowest BCUT2D eigenvalue weighted by molar-refractivity contribution is 0.0351. The molecule has 0 amide bonds. The smallest absolute Gasteiger partial charge is 0.229 e. The molecular weight excluding hydrogens is 316 g/mol. The third-order valence-electron chi connectivity index (χ3n) is 4.78. The van der Waals surface area contributed by atoms with Crippen LogP contribution in [0, 0.1) is 0 Å². The molecule has 136 valence electrons. The van der Waals surface area contributed by atoms with Gasteiger partial charge in [0.2, 0.25) is 5.89 Å². The Morgan fingerprint density at radius 3 is 2.64 bits per heavy atom. The van der Waals surface area contributed by atoms with Crippen molar-refractivity contribution in [1.82, 2.24) is 19.9 Å². The lowest BCUT2D eigenvalue weighted by Gasteiger charge is -2.40. The minimum atomic E-state index is -0.444. The molecule has 0 spiro atoms. The zero-order valence-corrected chi connectivity index (χ0v) is 15.3. The predicted octanol–water partition coefficient (Wildman–Crippen LogP) is 2.43. The van der Waals surface area contributed by atoms with Gasteiger partial charge in [0.1, 0.15) is 0 Å². The number of rotatable bonds is 6. The number of hydrogen-bond acceptors (Lipinski definition) is 6. The molecule has 6 nitrogen and oxygen atoms in total. The summed E-state index contributed by atoms with van der Waals surface area (Å²) >= 11 is 0. The van der Waals surface area contributed by atoms with E-state index >= 15 is 0 Å². The topological polar surface area (TPSA) is 65.6 Å². The van der Waals surface area contributed by atoms with E-state index < -0.39 is 6.10 Å². The highest BCUT2D eigenvalue weighted by atomic mass is 16.5. The number of nitrogens with zero attached hydrogens (tertiary/aromatic N) is 4. The molecule has 1 saturated heterocycles. The van der Waals surface area contributed by atoms with Crippen LogP contribution in [0.4, 0.5) is 0 Å². The van der Waals surface area contributed by atoms with Gasteiger partial charge in [-0.05, 0) is 12.5 Å². The van der Waals surface area contributed by atoms with Crippen molar-refractivity contribution in [2.75, 3.05) is 26.2 Å². The lowest BCUT2D eigenvalue weighted by Crippen LogP contribution is -2.52. The first kappa shape index (κ1) is 18.0. The summed E-state index contributed by atoms with van der Waals surface area (Å²) in [5.74, 6) is 1.72. The van der Waals surface area contributed by atoms with Gasteiger partial charge in [0.05, 0.1) is 12.6 Å². The normalized spacial score (nSPS) is 20.9. The summed E-state index contributed by atoms with van der Waals surface area (Å²) in [6.45, 7) is 10.5. The van der Waals surface area contributed by atoms with Crippen LogP contribution in [0.1, 0.15) is 50.1 Å². The number of hydrogen-bond donors (Lipinski definition) is 1. The Kier molecular flexibility index (Phi) is 5.83. The fraction of sp³-hybridized carbons (Fsp3) is 0.579. The van der Waals surface area contributed by atoms with E-state index in [1.807, 2.05) is 30.3 Å². The molecule has 1 aromatic carbocycles. The Morgan fingerprint density at radius 2 is 2.00 bits per heavy atom. The van der Waals surface area contributed by atoms with Gasteiger partial charge in [-0.3, -0.25) is 9.80 Å². The number of β-amino-alcohol motifs (C(OH)–C–C–N with tert-alkyl or cyclic N) is 1. The molecule has 1 aromatic heterocycles. The van der Waals surface area contributed by atoms with Crippen LogP contribution in [0.25, 0.3) is 0 Å². The van der Waals surface area contributed by atoms with Crippen molar-refractivity contribution in [2.45, 2.75) is 45.4 Å².